The van der Waals surface area contributed by atoms with Crippen molar-refractivity contribution in [3.63, 3.8) is 0 Å². The Bertz CT molecular complexity index is 1150. The van der Waals surface area contributed by atoms with Gasteiger partial charge in [0, 0.05) is 31.4 Å². The molecule has 0 atom stereocenters. The van der Waals surface area contributed by atoms with Gasteiger partial charge in [-0.2, -0.15) is 0 Å². The van der Waals surface area contributed by atoms with Crippen molar-refractivity contribution in [1.82, 2.24) is 24.9 Å². The number of hydrogen-bond acceptors (Lipinski definition) is 8. The molecule has 5 rings (SSSR count). The summed E-state index contributed by atoms with van der Waals surface area (Å²) in [5.41, 5.74) is 3.40. The monoisotopic (exact) mass is 417 g/mol. The van der Waals surface area contributed by atoms with Crippen molar-refractivity contribution in [2.45, 2.75) is 6.42 Å². The highest BCUT2D eigenvalue weighted by atomic mass is 16.5. The molecule has 4 aromatic rings. The molecule has 3 N–H and O–H groups in total. The molecule has 1 saturated heterocycles. The fourth-order valence-electron chi connectivity index (χ4n) is 3.59. The quantitative estimate of drug-likeness (QED) is 0.439. The molecule has 0 spiro atoms. The minimum atomic E-state index is 0.270. The summed E-state index contributed by atoms with van der Waals surface area (Å²) in [6.45, 7) is 3.86. The Morgan fingerprint density at radius 1 is 1.03 bits per heavy atom. The van der Waals surface area contributed by atoms with Gasteiger partial charge in [0.15, 0.2) is 11.5 Å². The molecule has 0 amide bonds. The van der Waals surface area contributed by atoms with Crippen LogP contribution in [0.15, 0.2) is 48.9 Å². The molecule has 0 radical (unpaired) electrons. The first-order chi connectivity index (χ1) is 15.3. The molecule has 0 saturated carbocycles. The number of ether oxygens (including phenoxy) is 1. The number of phenols is 1. The van der Waals surface area contributed by atoms with E-state index in [2.05, 4.69) is 35.1 Å². The summed E-state index contributed by atoms with van der Waals surface area (Å²) in [4.78, 5) is 23.4. The number of phenolic OH excluding ortho intramolecular Hbond substituents is 1. The molecule has 9 heteroatoms. The average Bonchev–Trinajstić information content (AvgIpc) is 3.26. The highest BCUT2D eigenvalue weighted by molar-refractivity contribution is 5.85. The van der Waals surface area contributed by atoms with Gasteiger partial charge in [-0.3, -0.25) is 0 Å². The van der Waals surface area contributed by atoms with Crippen molar-refractivity contribution in [1.29, 1.82) is 0 Å². The van der Waals surface area contributed by atoms with Crippen LogP contribution in [-0.4, -0.2) is 62.9 Å². The maximum atomic E-state index is 9.40. The summed E-state index contributed by atoms with van der Waals surface area (Å²) < 4.78 is 5.40. The van der Waals surface area contributed by atoms with Crippen molar-refractivity contribution in [2.75, 3.05) is 43.1 Å². The van der Waals surface area contributed by atoms with Gasteiger partial charge in [-0.05, 0) is 36.2 Å². The molecular formula is C22H23N7O2. The number of fused-ring (bicyclic) bond motifs is 1. The second kappa shape index (κ2) is 8.57. The molecule has 3 aromatic heterocycles. The van der Waals surface area contributed by atoms with Crippen molar-refractivity contribution >= 4 is 22.8 Å². The van der Waals surface area contributed by atoms with Gasteiger partial charge in [-0.1, -0.05) is 12.1 Å². The summed E-state index contributed by atoms with van der Waals surface area (Å²) in [6, 6.07) is 11.2. The smallest absolute Gasteiger partial charge is 0.183 e. The lowest BCUT2D eigenvalue weighted by molar-refractivity contribution is 0.122. The van der Waals surface area contributed by atoms with Gasteiger partial charge in [-0.25, -0.2) is 19.9 Å². The van der Waals surface area contributed by atoms with E-state index in [0.29, 0.717) is 23.8 Å². The molecule has 1 aliphatic rings. The van der Waals surface area contributed by atoms with Crippen LogP contribution in [0.4, 0.5) is 11.6 Å². The maximum Gasteiger partial charge on any atom is 0.183 e. The Morgan fingerprint density at radius 3 is 2.65 bits per heavy atom. The third-order valence-electron chi connectivity index (χ3n) is 5.29. The Balaban J connectivity index is 1.31. The second-order valence-electron chi connectivity index (χ2n) is 7.35. The van der Waals surface area contributed by atoms with E-state index in [-0.39, 0.29) is 5.75 Å². The molecule has 158 valence electrons. The predicted molar refractivity (Wildman–Crippen MR) is 118 cm³/mol. The van der Waals surface area contributed by atoms with E-state index >= 15 is 0 Å². The molecule has 1 fully saturated rings. The van der Waals surface area contributed by atoms with Crippen LogP contribution in [0.2, 0.25) is 0 Å². The van der Waals surface area contributed by atoms with Gasteiger partial charge < -0.3 is 25.0 Å². The number of nitrogens with zero attached hydrogens (tertiary/aromatic N) is 5. The van der Waals surface area contributed by atoms with Crippen molar-refractivity contribution in [3.8, 4) is 17.1 Å². The van der Waals surface area contributed by atoms with Gasteiger partial charge >= 0.3 is 0 Å². The van der Waals surface area contributed by atoms with E-state index in [0.717, 1.165) is 55.2 Å². The fourth-order valence-corrected chi connectivity index (χ4v) is 3.59. The molecule has 0 bridgehead atoms. The highest BCUT2D eigenvalue weighted by Crippen LogP contribution is 2.24. The lowest BCUT2D eigenvalue weighted by Crippen LogP contribution is -2.36. The third kappa shape index (κ3) is 4.26. The van der Waals surface area contributed by atoms with Crippen LogP contribution in [0.1, 0.15) is 5.56 Å². The first-order valence-electron chi connectivity index (χ1n) is 10.3. The number of pyridine rings is 1. The minimum absolute atomic E-state index is 0.270. The van der Waals surface area contributed by atoms with E-state index < -0.39 is 0 Å². The normalized spacial score (nSPS) is 14.1. The predicted octanol–water partition coefficient (Wildman–Crippen LogP) is 2.61. The summed E-state index contributed by atoms with van der Waals surface area (Å²) in [7, 11) is 0. The Morgan fingerprint density at radius 2 is 1.87 bits per heavy atom. The van der Waals surface area contributed by atoms with Gasteiger partial charge in [0.2, 0.25) is 0 Å². The number of aromatic nitrogens is 5. The molecule has 4 heterocycles. The number of imidazole rings is 1. The largest absolute Gasteiger partial charge is 0.508 e. The van der Waals surface area contributed by atoms with Gasteiger partial charge in [0.1, 0.15) is 29.2 Å². The van der Waals surface area contributed by atoms with Crippen LogP contribution in [-0.2, 0) is 11.2 Å². The lowest BCUT2D eigenvalue weighted by atomic mass is 10.1. The van der Waals surface area contributed by atoms with E-state index in [1.807, 2.05) is 30.5 Å². The number of nitrogens with one attached hydrogen (secondary N) is 2. The van der Waals surface area contributed by atoms with Crippen LogP contribution in [0.3, 0.4) is 0 Å². The summed E-state index contributed by atoms with van der Waals surface area (Å²) >= 11 is 0. The van der Waals surface area contributed by atoms with Gasteiger partial charge in [0.25, 0.3) is 0 Å². The number of benzene rings is 1. The standard InChI is InChI=1S/C22H23N7O2/c30-17-4-1-15(2-5-17)7-8-23-21-19-22(26-14-25-21)28-20(27-19)16-3-6-18(24-13-16)29-9-11-31-12-10-29/h1-6,13-14,30H,7-12H2,(H2,23,25,26,27,28). The van der Waals surface area contributed by atoms with E-state index in [1.165, 1.54) is 6.33 Å². The zero-order valence-corrected chi connectivity index (χ0v) is 17.0. The SMILES string of the molecule is Oc1ccc(CCNc2ncnc3nc(-c4ccc(N5CCOCC5)nc4)[nH]c23)cc1. The van der Waals surface area contributed by atoms with Gasteiger partial charge in [0.05, 0.1) is 13.2 Å². The topological polar surface area (TPSA) is 112 Å². The minimum Gasteiger partial charge on any atom is -0.508 e. The Hall–Kier alpha value is -3.72. The molecule has 0 unspecified atom stereocenters. The first kappa shape index (κ1) is 19.3. The van der Waals surface area contributed by atoms with Crippen LogP contribution in [0, 0.1) is 0 Å². The van der Waals surface area contributed by atoms with Crippen LogP contribution >= 0.6 is 0 Å². The number of H-pyrrole nitrogens is 1. The maximum absolute atomic E-state index is 9.40. The van der Waals surface area contributed by atoms with Crippen LogP contribution in [0.25, 0.3) is 22.6 Å². The lowest BCUT2D eigenvalue weighted by Gasteiger charge is -2.27. The number of aromatic amines is 1. The Labute approximate surface area is 179 Å². The zero-order chi connectivity index (χ0) is 21.0. The fraction of sp³-hybridized carbons (Fsp3) is 0.273. The average molecular weight is 417 g/mol. The third-order valence-corrected chi connectivity index (χ3v) is 5.29. The Kier molecular flexibility index (Phi) is 5.32. The van der Waals surface area contributed by atoms with Crippen LogP contribution < -0.4 is 10.2 Å². The summed E-state index contributed by atoms with van der Waals surface area (Å²) in [5.74, 6) is 2.63. The highest BCUT2D eigenvalue weighted by Gasteiger charge is 2.14. The number of rotatable bonds is 6. The molecule has 1 aromatic carbocycles. The van der Waals surface area contributed by atoms with Gasteiger partial charge in [-0.15, -0.1) is 0 Å². The number of morpholine rings is 1. The van der Waals surface area contributed by atoms with Crippen molar-refractivity contribution < 1.29 is 9.84 Å². The number of hydrogen-bond donors (Lipinski definition) is 3. The number of anilines is 2. The molecule has 0 aliphatic carbocycles. The molecule has 9 nitrogen and oxygen atoms in total. The summed E-state index contributed by atoms with van der Waals surface area (Å²) in [6.07, 6.45) is 4.14. The number of aromatic hydroxyl groups is 1. The molecule has 1 aliphatic heterocycles. The van der Waals surface area contributed by atoms with E-state index in [1.54, 1.807) is 12.1 Å². The van der Waals surface area contributed by atoms with E-state index in [4.69, 9.17) is 4.74 Å². The van der Waals surface area contributed by atoms with E-state index in [9.17, 15) is 5.11 Å². The van der Waals surface area contributed by atoms with Crippen molar-refractivity contribution in [2.24, 2.45) is 0 Å². The van der Waals surface area contributed by atoms with Crippen LogP contribution in [0.5, 0.6) is 5.75 Å². The second-order valence-corrected chi connectivity index (χ2v) is 7.35. The summed E-state index contributed by atoms with van der Waals surface area (Å²) in [5, 5.41) is 12.7. The zero-order valence-electron chi connectivity index (χ0n) is 17.0. The molecular weight excluding hydrogens is 394 g/mol. The van der Waals surface area contributed by atoms with Crippen molar-refractivity contribution in [3.05, 3.63) is 54.5 Å². The first-order valence-corrected chi connectivity index (χ1v) is 10.3. The molecule has 31 heavy (non-hydrogen) atoms.